The number of aryl methyl sites for hydroxylation is 2. The van der Waals surface area contributed by atoms with E-state index in [1.54, 1.807) is 12.1 Å². The smallest absolute Gasteiger partial charge is 0.282 e. The van der Waals surface area contributed by atoms with Crippen LogP contribution in [-0.2, 0) is 4.79 Å². The molecule has 9 heteroatoms. The van der Waals surface area contributed by atoms with Crippen molar-refractivity contribution in [3.05, 3.63) is 68.8 Å². The van der Waals surface area contributed by atoms with Crippen LogP contribution in [0.5, 0.6) is 0 Å². The van der Waals surface area contributed by atoms with Gasteiger partial charge in [0.2, 0.25) is 5.91 Å². The van der Waals surface area contributed by atoms with Crippen molar-refractivity contribution in [3.63, 3.8) is 0 Å². The van der Waals surface area contributed by atoms with Crippen LogP contribution < -0.4 is 4.90 Å². The Hall–Kier alpha value is -4.06. The van der Waals surface area contributed by atoms with Gasteiger partial charge in [-0.2, -0.15) is 5.26 Å². The molecule has 2 aromatic rings. The van der Waals surface area contributed by atoms with Crippen LogP contribution in [0.25, 0.3) is 0 Å². The van der Waals surface area contributed by atoms with Gasteiger partial charge >= 0.3 is 0 Å². The van der Waals surface area contributed by atoms with Crippen LogP contribution in [0.2, 0.25) is 0 Å². The molecule has 0 fully saturated rings. The number of nitro benzene ring substituents is 1. The molecule has 0 bridgehead atoms. The van der Waals surface area contributed by atoms with E-state index in [0.29, 0.717) is 10.6 Å². The summed E-state index contributed by atoms with van der Waals surface area (Å²) >= 11 is 0. The number of rotatable bonds is 6. The van der Waals surface area contributed by atoms with Crippen LogP contribution in [0.3, 0.4) is 0 Å². The maximum absolute atomic E-state index is 13.0. The van der Waals surface area contributed by atoms with Gasteiger partial charge in [0.15, 0.2) is 0 Å². The van der Waals surface area contributed by atoms with Gasteiger partial charge in [-0.3, -0.25) is 29.4 Å². The van der Waals surface area contributed by atoms with Crippen molar-refractivity contribution in [2.24, 2.45) is 0 Å². The molecule has 30 heavy (non-hydrogen) atoms. The first kappa shape index (κ1) is 20.7. The van der Waals surface area contributed by atoms with Crippen molar-refractivity contribution < 1.29 is 19.3 Å². The standard InChI is InChI=1S/C21H18N4O5/c1-13-9-14(2)11-15(10-13)23(8-4-7-22)18(26)12-24-20(27)16-5-3-6-17(25(29)30)19(16)21(24)28/h3,5-6,9-11H,4,8,12H2,1-2H3. The van der Waals surface area contributed by atoms with Gasteiger partial charge in [-0.15, -0.1) is 0 Å². The minimum atomic E-state index is -0.878. The molecular weight excluding hydrogens is 388 g/mol. The van der Waals surface area contributed by atoms with Gasteiger partial charge in [0.1, 0.15) is 12.1 Å². The molecule has 9 nitrogen and oxygen atoms in total. The molecular formula is C21H18N4O5. The molecule has 2 aromatic carbocycles. The third-order valence-electron chi connectivity index (χ3n) is 4.73. The summed E-state index contributed by atoms with van der Waals surface area (Å²) in [5, 5.41) is 20.2. The van der Waals surface area contributed by atoms with Crippen molar-refractivity contribution >= 4 is 29.1 Å². The number of nitriles is 1. The zero-order chi connectivity index (χ0) is 22.0. The molecule has 0 aliphatic carbocycles. The number of imide groups is 1. The number of hydrogen-bond donors (Lipinski definition) is 0. The average Bonchev–Trinajstić information content (AvgIpc) is 2.92. The molecule has 1 aliphatic heterocycles. The SMILES string of the molecule is Cc1cc(C)cc(N(CCC#N)C(=O)CN2C(=O)c3cccc([N+](=O)[O-])c3C2=O)c1. The fourth-order valence-electron chi connectivity index (χ4n) is 3.50. The molecule has 0 atom stereocenters. The maximum Gasteiger partial charge on any atom is 0.282 e. The first-order valence-corrected chi connectivity index (χ1v) is 9.13. The second-order valence-corrected chi connectivity index (χ2v) is 6.95. The van der Waals surface area contributed by atoms with E-state index in [0.717, 1.165) is 17.2 Å². The first-order chi connectivity index (χ1) is 14.2. The van der Waals surface area contributed by atoms with Crippen LogP contribution in [0.4, 0.5) is 11.4 Å². The third-order valence-corrected chi connectivity index (χ3v) is 4.73. The number of amides is 3. The van der Waals surface area contributed by atoms with E-state index in [1.165, 1.54) is 17.0 Å². The predicted octanol–water partition coefficient (Wildman–Crippen LogP) is 2.75. The van der Waals surface area contributed by atoms with Gasteiger partial charge in [0.25, 0.3) is 17.5 Å². The lowest BCUT2D eigenvalue weighted by molar-refractivity contribution is -0.385. The molecule has 0 unspecified atom stereocenters. The molecule has 0 aromatic heterocycles. The Bertz CT molecular complexity index is 1100. The lowest BCUT2D eigenvalue weighted by atomic mass is 10.1. The summed E-state index contributed by atoms with van der Waals surface area (Å²) < 4.78 is 0. The lowest BCUT2D eigenvalue weighted by Gasteiger charge is -2.25. The summed E-state index contributed by atoms with van der Waals surface area (Å²) in [4.78, 5) is 51.0. The van der Waals surface area contributed by atoms with Gasteiger partial charge in [-0.25, -0.2) is 0 Å². The topological polar surface area (TPSA) is 125 Å². The fraction of sp³-hybridized carbons (Fsp3) is 0.238. The van der Waals surface area contributed by atoms with Crippen LogP contribution in [0, 0.1) is 35.3 Å². The van der Waals surface area contributed by atoms with Gasteiger partial charge < -0.3 is 4.90 Å². The summed E-state index contributed by atoms with van der Waals surface area (Å²) in [7, 11) is 0. The number of carbonyl (C=O) groups excluding carboxylic acids is 3. The zero-order valence-corrected chi connectivity index (χ0v) is 16.4. The number of anilines is 1. The van der Waals surface area contributed by atoms with E-state index in [4.69, 9.17) is 5.26 Å². The molecule has 0 radical (unpaired) electrons. The minimum Gasteiger partial charge on any atom is -0.310 e. The largest absolute Gasteiger partial charge is 0.310 e. The molecule has 0 spiro atoms. The van der Waals surface area contributed by atoms with E-state index in [2.05, 4.69) is 0 Å². The van der Waals surface area contributed by atoms with E-state index < -0.39 is 34.9 Å². The van der Waals surface area contributed by atoms with Gasteiger partial charge in [-0.1, -0.05) is 12.1 Å². The number of nitro groups is 1. The predicted molar refractivity (Wildman–Crippen MR) is 107 cm³/mol. The highest BCUT2D eigenvalue weighted by Gasteiger charge is 2.42. The second-order valence-electron chi connectivity index (χ2n) is 6.95. The molecule has 3 amide bonds. The van der Waals surface area contributed by atoms with Crippen molar-refractivity contribution in [1.29, 1.82) is 5.26 Å². The van der Waals surface area contributed by atoms with Gasteiger partial charge in [0.05, 0.1) is 23.0 Å². The summed E-state index contributed by atoms with van der Waals surface area (Å²) in [6, 6.07) is 11.2. The fourth-order valence-corrected chi connectivity index (χ4v) is 3.50. The van der Waals surface area contributed by atoms with E-state index >= 15 is 0 Å². The molecule has 1 aliphatic rings. The number of benzene rings is 2. The molecule has 152 valence electrons. The van der Waals surface area contributed by atoms with Crippen molar-refractivity contribution in [3.8, 4) is 6.07 Å². The summed E-state index contributed by atoms with van der Waals surface area (Å²) in [6.07, 6.45) is 0.0618. The molecule has 0 saturated carbocycles. The second kappa shape index (κ2) is 8.13. The van der Waals surface area contributed by atoms with E-state index in [-0.39, 0.29) is 24.1 Å². The highest BCUT2D eigenvalue weighted by molar-refractivity contribution is 6.24. The summed E-state index contributed by atoms with van der Waals surface area (Å²) in [5.74, 6) is -2.20. The minimum absolute atomic E-state index is 0.0618. The number of hydrogen-bond acceptors (Lipinski definition) is 6. The number of nitrogens with zero attached hydrogens (tertiary/aromatic N) is 4. The third kappa shape index (κ3) is 3.75. The van der Waals surface area contributed by atoms with E-state index in [9.17, 15) is 24.5 Å². The Balaban J connectivity index is 1.92. The lowest BCUT2D eigenvalue weighted by Crippen LogP contribution is -2.43. The van der Waals surface area contributed by atoms with Crippen LogP contribution in [-0.4, -0.2) is 40.6 Å². The Morgan fingerprint density at radius 2 is 1.83 bits per heavy atom. The zero-order valence-electron chi connectivity index (χ0n) is 16.4. The van der Waals surface area contributed by atoms with Crippen LogP contribution in [0.15, 0.2) is 36.4 Å². The monoisotopic (exact) mass is 406 g/mol. The average molecular weight is 406 g/mol. The van der Waals surface area contributed by atoms with Crippen molar-refractivity contribution in [2.45, 2.75) is 20.3 Å². The summed E-state index contributed by atoms with van der Waals surface area (Å²) in [5.41, 5.74) is 1.49. The Labute approximate surface area is 172 Å². The Morgan fingerprint density at radius 1 is 1.17 bits per heavy atom. The maximum atomic E-state index is 13.0. The molecule has 0 N–H and O–H groups in total. The summed E-state index contributed by atoms with van der Waals surface area (Å²) in [6.45, 7) is 3.24. The van der Waals surface area contributed by atoms with Gasteiger partial charge in [-0.05, 0) is 43.2 Å². The first-order valence-electron chi connectivity index (χ1n) is 9.13. The highest BCUT2D eigenvalue weighted by atomic mass is 16.6. The van der Waals surface area contributed by atoms with Crippen LogP contribution >= 0.6 is 0 Å². The Morgan fingerprint density at radius 3 is 2.43 bits per heavy atom. The quantitative estimate of drug-likeness (QED) is 0.413. The van der Waals surface area contributed by atoms with E-state index in [1.807, 2.05) is 26.0 Å². The van der Waals surface area contributed by atoms with Crippen molar-refractivity contribution in [1.82, 2.24) is 4.90 Å². The van der Waals surface area contributed by atoms with Crippen molar-refractivity contribution in [2.75, 3.05) is 18.0 Å². The normalized spacial score (nSPS) is 12.5. The number of fused-ring (bicyclic) bond motifs is 1. The Kier molecular flexibility index (Phi) is 5.60. The number of carbonyl (C=O) groups is 3. The van der Waals surface area contributed by atoms with Crippen LogP contribution in [0.1, 0.15) is 38.3 Å². The highest BCUT2D eigenvalue weighted by Crippen LogP contribution is 2.31. The molecule has 3 rings (SSSR count). The molecule has 0 saturated heterocycles. The van der Waals surface area contributed by atoms with Gasteiger partial charge in [0, 0.05) is 18.3 Å². The molecule has 1 heterocycles.